The summed E-state index contributed by atoms with van der Waals surface area (Å²) < 4.78 is 0. The molecule has 2 aromatic rings. The molecule has 118 valence electrons. The van der Waals surface area contributed by atoms with E-state index in [2.05, 4.69) is 0 Å². The first-order valence-electron chi connectivity index (χ1n) is 7.14. The van der Waals surface area contributed by atoms with Gasteiger partial charge in [0.15, 0.2) is 5.78 Å². The summed E-state index contributed by atoms with van der Waals surface area (Å²) >= 11 is 0. The molecule has 0 unspecified atom stereocenters. The molecule has 0 amide bonds. The lowest BCUT2D eigenvalue weighted by Gasteiger charge is -2.13. The van der Waals surface area contributed by atoms with Gasteiger partial charge in [-0.2, -0.15) is 0 Å². The number of rotatable bonds is 5. The average Bonchev–Trinajstić information content (AvgIpc) is 2.52. The maximum atomic E-state index is 13.0. The second kappa shape index (κ2) is 6.87. The van der Waals surface area contributed by atoms with Gasteiger partial charge in [-0.3, -0.25) is 14.9 Å². The fourth-order valence-electron chi connectivity index (χ4n) is 2.34. The summed E-state index contributed by atoms with van der Waals surface area (Å²) in [4.78, 5) is 25.5. The smallest absolute Gasteiger partial charge is 0.277 e. The highest BCUT2D eigenvalue weighted by molar-refractivity contribution is 6.30. The van der Waals surface area contributed by atoms with Gasteiger partial charge in [-0.05, 0) is 18.6 Å². The van der Waals surface area contributed by atoms with Crippen molar-refractivity contribution in [1.82, 2.24) is 4.90 Å². The van der Waals surface area contributed by atoms with E-state index >= 15 is 0 Å². The number of hydrogen-bond donors (Lipinski definition) is 0. The Bertz CT molecular complexity index is 779. The summed E-state index contributed by atoms with van der Waals surface area (Å²) in [5.41, 5.74) is 1.91. The number of nitro groups is 1. The molecule has 0 bridgehead atoms. The van der Waals surface area contributed by atoms with Crippen LogP contribution in [0.4, 0.5) is 5.69 Å². The summed E-state index contributed by atoms with van der Waals surface area (Å²) in [6.45, 7) is 1.85. The van der Waals surface area contributed by atoms with Gasteiger partial charge in [0.05, 0.1) is 16.1 Å². The molecular weight excluding hydrogens is 292 g/mol. The molecule has 0 saturated carbocycles. The van der Waals surface area contributed by atoms with E-state index in [0.717, 1.165) is 5.56 Å². The summed E-state index contributed by atoms with van der Waals surface area (Å²) in [5.74, 6) is -0.230. The van der Waals surface area contributed by atoms with Gasteiger partial charge in [0.2, 0.25) is 0 Å². The second-order valence-corrected chi connectivity index (χ2v) is 5.42. The van der Waals surface area contributed by atoms with E-state index in [1.54, 1.807) is 55.5 Å². The Morgan fingerprint density at radius 1 is 1.04 bits per heavy atom. The largest absolute Gasteiger partial charge is 0.383 e. The summed E-state index contributed by atoms with van der Waals surface area (Å²) in [5, 5.41) is 11.3. The fourth-order valence-corrected chi connectivity index (χ4v) is 2.34. The highest BCUT2D eigenvalue weighted by Gasteiger charge is 2.23. The van der Waals surface area contributed by atoms with Crippen LogP contribution in [0.15, 0.2) is 54.7 Å². The third-order valence-electron chi connectivity index (χ3n) is 3.41. The standard InChI is InChI=1S/C18H18N2O3/c1-13-8-4-5-9-14(13)18(21)16(12-19(2)3)15-10-6-7-11-17(15)20(22)23/h4-12H,1-3H3/b16-12-. The van der Waals surface area contributed by atoms with Crippen molar-refractivity contribution in [2.24, 2.45) is 0 Å². The topological polar surface area (TPSA) is 63.5 Å². The van der Waals surface area contributed by atoms with Crippen molar-refractivity contribution in [3.8, 4) is 0 Å². The van der Waals surface area contributed by atoms with Crippen molar-refractivity contribution in [2.45, 2.75) is 6.92 Å². The molecule has 0 aliphatic rings. The number of ketones is 1. The van der Waals surface area contributed by atoms with Crippen LogP contribution in [-0.2, 0) is 0 Å². The van der Waals surface area contributed by atoms with E-state index in [1.165, 1.54) is 6.07 Å². The third-order valence-corrected chi connectivity index (χ3v) is 3.41. The number of benzene rings is 2. The second-order valence-electron chi connectivity index (χ2n) is 5.42. The van der Waals surface area contributed by atoms with Crippen LogP contribution in [0.3, 0.4) is 0 Å². The molecule has 23 heavy (non-hydrogen) atoms. The Morgan fingerprint density at radius 2 is 1.61 bits per heavy atom. The van der Waals surface area contributed by atoms with Crippen molar-refractivity contribution in [3.05, 3.63) is 81.5 Å². The highest BCUT2D eigenvalue weighted by Crippen LogP contribution is 2.29. The lowest BCUT2D eigenvalue weighted by Crippen LogP contribution is -2.11. The van der Waals surface area contributed by atoms with Gasteiger partial charge in [0.25, 0.3) is 5.69 Å². The van der Waals surface area contributed by atoms with Crippen LogP contribution in [0.1, 0.15) is 21.5 Å². The zero-order chi connectivity index (χ0) is 17.0. The minimum Gasteiger partial charge on any atom is -0.383 e. The summed E-state index contributed by atoms with van der Waals surface area (Å²) in [6.07, 6.45) is 1.62. The number of para-hydroxylation sites is 1. The van der Waals surface area contributed by atoms with Crippen molar-refractivity contribution >= 4 is 17.0 Å². The van der Waals surface area contributed by atoms with Gasteiger partial charge in [0.1, 0.15) is 0 Å². The quantitative estimate of drug-likeness (QED) is 0.366. The molecule has 2 rings (SSSR count). The monoisotopic (exact) mass is 310 g/mol. The molecule has 0 aromatic heterocycles. The molecule has 0 aliphatic heterocycles. The molecule has 0 spiro atoms. The van der Waals surface area contributed by atoms with Gasteiger partial charge in [-0.15, -0.1) is 0 Å². The first-order valence-corrected chi connectivity index (χ1v) is 7.14. The number of nitrogens with zero attached hydrogens (tertiary/aromatic N) is 2. The van der Waals surface area contributed by atoms with E-state index in [-0.39, 0.29) is 11.5 Å². The van der Waals surface area contributed by atoms with E-state index in [4.69, 9.17) is 0 Å². The predicted molar refractivity (Wildman–Crippen MR) is 90.3 cm³/mol. The van der Waals surface area contributed by atoms with E-state index in [0.29, 0.717) is 16.7 Å². The van der Waals surface area contributed by atoms with Crippen LogP contribution in [0.5, 0.6) is 0 Å². The van der Waals surface area contributed by atoms with Gasteiger partial charge >= 0.3 is 0 Å². The zero-order valence-corrected chi connectivity index (χ0v) is 13.3. The Hall–Kier alpha value is -2.95. The van der Waals surface area contributed by atoms with Crippen LogP contribution in [0, 0.1) is 17.0 Å². The molecule has 0 fully saturated rings. The van der Waals surface area contributed by atoms with E-state index in [1.807, 2.05) is 19.1 Å². The van der Waals surface area contributed by atoms with Crippen LogP contribution in [0.2, 0.25) is 0 Å². The van der Waals surface area contributed by atoms with Crippen LogP contribution in [-0.4, -0.2) is 29.7 Å². The first-order chi connectivity index (χ1) is 10.9. The molecule has 0 N–H and O–H groups in total. The number of hydrogen-bond acceptors (Lipinski definition) is 4. The minimum absolute atomic E-state index is 0.0810. The minimum atomic E-state index is -0.468. The normalized spacial score (nSPS) is 11.2. The number of carbonyl (C=O) groups excluding carboxylic acids is 1. The number of aryl methyl sites for hydroxylation is 1. The van der Waals surface area contributed by atoms with E-state index in [9.17, 15) is 14.9 Å². The van der Waals surface area contributed by atoms with Crippen molar-refractivity contribution in [2.75, 3.05) is 14.1 Å². The Morgan fingerprint density at radius 3 is 2.17 bits per heavy atom. The molecule has 0 heterocycles. The predicted octanol–water partition coefficient (Wildman–Crippen LogP) is 3.69. The molecule has 0 aliphatic carbocycles. The molecule has 0 atom stereocenters. The van der Waals surface area contributed by atoms with Gasteiger partial charge in [-0.25, -0.2) is 0 Å². The van der Waals surface area contributed by atoms with Gasteiger partial charge in [-0.1, -0.05) is 36.4 Å². The highest BCUT2D eigenvalue weighted by atomic mass is 16.6. The molecule has 2 aromatic carbocycles. The summed E-state index contributed by atoms with van der Waals surface area (Å²) in [6, 6.07) is 13.5. The van der Waals surface area contributed by atoms with E-state index < -0.39 is 4.92 Å². The molecular formula is C18H18N2O3. The lowest BCUT2D eigenvalue weighted by atomic mass is 9.94. The molecule has 0 saturated heterocycles. The maximum absolute atomic E-state index is 13.0. The Kier molecular flexibility index (Phi) is 4.91. The fraction of sp³-hybridized carbons (Fsp3) is 0.167. The van der Waals surface area contributed by atoms with Gasteiger partial charge < -0.3 is 4.90 Å². The van der Waals surface area contributed by atoms with Crippen LogP contribution >= 0.6 is 0 Å². The lowest BCUT2D eigenvalue weighted by molar-refractivity contribution is -0.385. The van der Waals surface area contributed by atoms with Crippen molar-refractivity contribution in [3.63, 3.8) is 0 Å². The van der Waals surface area contributed by atoms with Crippen molar-refractivity contribution < 1.29 is 9.72 Å². The molecule has 5 heteroatoms. The third kappa shape index (κ3) is 3.63. The Balaban J connectivity index is 2.63. The number of carbonyl (C=O) groups is 1. The SMILES string of the molecule is Cc1ccccc1C(=O)/C(=C\N(C)C)c1ccccc1[N+](=O)[O-]. The summed E-state index contributed by atoms with van der Waals surface area (Å²) in [7, 11) is 3.56. The first kappa shape index (κ1) is 16.4. The zero-order valence-electron chi connectivity index (χ0n) is 13.3. The maximum Gasteiger partial charge on any atom is 0.277 e. The number of nitro benzene ring substituents is 1. The number of allylic oxidation sites excluding steroid dienone is 1. The van der Waals surface area contributed by atoms with Gasteiger partial charge in [0, 0.05) is 31.9 Å². The Labute approximate surface area is 135 Å². The average molecular weight is 310 g/mol. The molecule has 5 nitrogen and oxygen atoms in total. The van der Waals surface area contributed by atoms with Crippen molar-refractivity contribution in [1.29, 1.82) is 0 Å². The molecule has 0 radical (unpaired) electrons. The van der Waals surface area contributed by atoms with Crippen LogP contribution in [0.25, 0.3) is 5.57 Å². The van der Waals surface area contributed by atoms with Crippen LogP contribution < -0.4 is 0 Å². The number of Topliss-reactive ketones (excluding diaryl/α,β-unsaturated/α-hetero) is 1.